The second-order valence-corrected chi connectivity index (χ2v) is 6.55. The Balaban J connectivity index is 1.72. The van der Waals surface area contributed by atoms with E-state index in [4.69, 9.17) is 4.74 Å². The first-order valence-corrected chi connectivity index (χ1v) is 8.97. The van der Waals surface area contributed by atoms with Crippen molar-refractivity contribution in [3.8, 4) is 5.75 Å². The molecule has 3 aromatic rings. The first-order valence-electron chi connectivity index (χ1n) is 8.15. The first-order chi connectivity index (χ1) is 13.1. The summed E-state index contributed by atoms with van der Waals surface area (Å²) in [6, 6.07) is 13.9. The van der Waals surface area contributed by atoms with Crippen molar-refractivity contribution in [2.75, 3.05) is 11.9 Å². The molecule has 0 saturated heterocycles. The van der Waals surface area contributed by atoms with Gasteiger partial charge in [0.1, 0.15) is 5.01 Å². The third-order valence-electron chi connectivity index (χ3n) is 3.60. The maximum atomic E-state index is 12.4. The third kappa shape index (κ3) is 4.64. The van der Waals surface area contributed by atoms with E-state index in [1.807, 2.05) is 30.3 Å². The first kappa shape index (κ1) is 18.5. The standard InChI is InChI=1S/C18H16N4O4S/c1-2-26-15-9-8-13(11-14(15)22(24)25)17(23)19-18-21-20-16(27-18)10-12-6-4-3-5-7-12/h3-9,11H,2,10H2,1H3,(H,19,21,23). The topological polar surface area (TPSA) is 107 Å². The Labute approximate surface area is 159 Å². The molecule has 0 aliphatic heterocycles. The summed E-state index contributed by atoms with van der Waals surface area (Å²) in [6.45, 7) is 2.02. The van der Waals surface area contributed by atoms with Crippen LogP contribution < -0.4 is 10.1 Å². The maximum absolute atomic E-state index is 12.4. The minimum Gasteiger partial charge on any atom is -0.487 e. The Morgan fingerprint density at radius 1 is 1.22 bits per heavy atom. The zero-order valence-electron chi connectivity index (χ0n) is 14.4. The SMILES string of the molecule is CCOc1ccc(C(=O)Nc2nnc(Cc3ccccc3)s2)cc1[N+](=O)[O-]. The van der Waals surface area contributed by atoms with Gasteiger partial charge in [0.15, 0.2) is 5.75 Å². The lowest BCUT2D eigenvalue weighted by atomic mass is 10.2. The molecule has 1 N–H and O–H groups in total. The molecule has 0 aliphatic rings. The van der Waals surface area contributed by atoms with Crippen LogP contribution in [0.15, 0.2) is 48.5 Å². The van der Waals surface area contributed by atoms with Gasteiger partial charge in [0.25, 0.3) is 5.91 Å². The van der Waals surface area contributed by atoms with Gasteiger partial charge in [-0.2, -0.15) is 0 Å². The Hall–Kier alpha value is -3.33. The molecule has 0 saturated carbocycles. The van der Waals surface area contributed by atoms with Crippen molar-refractivity contribution in [1.82, 2.24) is 10.2 Å². The number of rotatable bonds is 7. The number of nitrogens with one attached hydrogen (secondary N) is 1. The lowest BCUT2D eigenvalue weighted by Gasteiger charge is -2.06. The molecule has 138 valence electrons. The Bertz CT molecular complexity index is 959. The van der Waals surface area contributed by atoms with Crippen molar-refractivity contribution in [1.29, 1.82) is 0 Å². The largest absolute Gasteiger partial charge is 0.487 e. The summed E-state index contributed by atoms with van der Waals surface area (Å²) in [5, 5.41) is 22.9. The minimum absolute atomic E-state index is 0.125. The molecular weight excluding hydrogens is 368 g/mol. The van der Waals surface area contributed by atoms with E-state index < -0.39 is 10.8 Å². The van der Waals surface area contributed by atoms with Crippen molar-refractivity contribution in [3.63, 3.8) is 0 Å². The van der Waals surface area contributed by atoms with Crippen LogP contribution in [-0.2, 0) is 6.42 Å². The van der Waals surface area contributed by atoms with Gasteiger partial charge in [-0.05, 0) is 24.6 Å². The van der Waals surface area contributed by atoms with Crippen molar-refractivity contribution in [2.45, 2.75) is 13.3 Å². The van der Waals surface area contributed by atoms with Crippen molar-refractivity contribution in [2.24, 2.45) is 0 Å². The molecule has 3 rings (SSSR count). The zero-order valence-corrected chi connectivity index (χ0v) is 15.2. The molecule has 1 heterocycles. The van der Waals surface area contributed by atoms with Crippen LogP contribution in [0.1, 0.15) is 27.9 Å². The third-order valence-corrected chi connectivity index (χ3v) is 4.44. The molecule has 1 aromatic heterocycles. The van der Waals surface area contributed by atoms with Crippen LogP contribution in [0.3, 0.4) is 0 Å². The predicted molar refractivity (Wildman–Crippen MR) is 101 cm³/mol. The van der Waals surface area contributed by atoms with Gasteiger partial charge in [-0.1, -0.05) is 41.7 Å². The average Bonchev–Trinajstić information content (AvgIpc) is 3.09. The average molecular weight is 384 g/mol. The van der Waals surface area contributed by atoms with Crippen LogP contribution in [-0.4, -0.2) is 27.6 Å². The molecule has 2 aromatic carbocycles. The van der Waals surface area contributed by atoms with E-state index >= 15 is 0 Å². The number of hydrogen-bond donors (Lipinski definition) is 1. The summed E-state index contributed by atoms with van der Waals surface area (Å²) >= 11 is 1.26. The van der Waals surface area contributed by atoms with Crippen LogP contribution >= 0.6 is 11.3 Å². The number of anilines is 1. The molecule has 0 bridgehead atoms. The number of nitrogens with zero attached hydrogens (tertiary/aromatic N) is 3. The quantitative estimate of drug-likeness (QED) is 0.492. The summed E-state index contributed by atoms with van der Waals surface area (Å²) in [6.07, 6.45) is 0.614. The fraction of sp³-hybridized carbons (Fsp3) is 0.167. The number of nitro benzene ring substituents is 1. The molecule has 0 fully saturated rings. The molecule has 27 heavy (non-hydrogen) atoms. The highest BCUT2D eigenvalue weighted by Crippen LogP contribution is 2.28. The number of aromatic nitrogens is 2. The van der Waals surface area contributed by atoms with Gasteiger partial charge in [0.05, 0.1) is 11.5 Å². The van der Waals surface area contributed by atoms with Gasteiger partial charge in [-0.3, -0.25) is 20.2 Å². The second kappa shape index (κ2) is 8.37. The number of nitro groups is 1. The lowest BCUT2D eigenvalue weighted by Crippen LogP contribution is -2.12. The number of benzene rings is 2. The lowest BCUT2D eigenvalue weighted by molar-refractivity contribution is -0.385. The van der Waals surface area contributed by atoms with Crippen LogP contribution in [0, 0.1) is 10.1 Å². The highest BCUT2D eigenvalue weighted by Gasteiger charge is 2.19. The second-order valence-electron chi connectivity index (χ2n) is 5.49. The van der Waals surface area contributed by atoms with Crippen LogP contribution in [0.2, 0.25) is 0 Å². The van der Waals surface area contributed by atoms with E-state index in [1.165, 1.54) is 29.5 Å². The molecular formula is C18H16N4O4S. The van der Waals surface area contributed by atoms with Gasteiger partial charge in [0, 0.05) is 18.1 Å². The molecule has 0 atom stereocenters. The molecule has 1 amide bonds. The van der Waals surface area contributed by atoms with Gasteiger partial charge in [0.2, 0.25) is 5.13 Å². The summed E-state index contributed by atoms with van der Waals surface area (Å²) in [4.78, 5) is 23.0. The van der Waals surface area contributed by atoms with Crippen LogP contribution in [0.25, 0.3) is 0 Å². The molecule has 0 aliphatic carbocycles. The molecule has 9 heteroatoms. The van der Waals surface area contributed by atoms with E-state index in [2.05, 4.69) is 15.5 Å². The van der Waals surface area contributed by atoms with E-state index in [-0.39, 0.29) is 17.0 Å². The Morgan fingerprint density at radius 2 is 2.00 bits per heavy atom. The summed E-state index contributed by atoms with van der Waals surface area (Å²) in [5.74, 6) is -0.372. The highest BCUT2D eigenvalue weighted by atomic mass is 32.1. The molecule has 0 radical (unpaired) electrons. The van der Waals surface area contributed by atoms with Gasteiger partial charge in [-0.15, -0.1) is 10.2 Å². The Kier molecular flexibility index (Phi) is 5.72. The summed E-state index contributed by atoms with van der Waals surface area (Å²) in [7, 11) is 0. The van der Waals surface area contributed by atoms with E-state index in [9.17, 15) is 14.9 Å². The van der Waals surface area contributed by atoms with Crippen LogP contribution in [0.5, 0.6) is 5.75 Å². The van der Waals surface area contributed by atoms with Gasteiger partial charge >= 0.3 is 5.69 Å². The number of hydrogen-bond acceptors (Lipinski definition) is 7. The minimum atomic E-state index is -0.579. The number of ether oxygens (including phenoxy) is 1. The molecule has 0 spiro atoms. The maximum Gasteiger partial charge on any atom is 0.311 e. The monoisotopic (exact) mass is 384 g/mol. The molecule has 8 nitrogen and oxygen atoms in total. The fourth-order valence-corrected chi connectivity index (χ4v) is 3.16. The van der Waals surface area contributed by atoms with E-state index in [1.54, 1.807) is 6.92 Å². The number of carbonyl (C=O) groups is 1. The predicted octanol–water partition coefficient (Wildman–Crippen LogP) is 3.69. The summed E-state index contributed by atoms with van der Waals surface area (Å²) in [5.41, 5.74) is 0.977. The van der Waals surface area contributed by atoms with Gasteiger partial charge < -0.3 is 4.74 Å². The van der Waals surface area contributed by atoms with E-state index in [0.717, 1.165) is 10.6 Å². The zero-order chi connectivity index (χ0) is 19.2. The number of carbonyl (C=O) groups excluding carboxylic acids is 1. The van der Waals surface area contributed by atoms with Gasteiger partial charge in [-0.25, -0.2) is 0 Å². The van der Waals surface area contributed by atoms with Crippen LogP contribution in [0.4, 0.5) is 10.8 Å². The van der Waals surface area contributed by atoms with Crippen molar-refractivity contribution < 1.29 is 14.5 Å². The van der Waals surface area contributed by atoms with Crippen molar-refractivity contribution >= 4 is 28.1 Å². The normalized spacial score (nSPS) is 10.4. The fourth-order valence-electron chi connectivity index (χ4n) is 2.39. The summed E-state index contributed by atoms with van der Waals surface area (Å²) < 4.78 is 5.22. The smallest absolute Gasteiger partial charge is 0.311 e. The molecule has 0 unspecified atom stereocenters. The van der Waals surface area contributed by atoms with E-state index in [0.29, 0.717) is 18.2 Å². The highest BCUT2D eigenvalue weighted by molar-refractivity contribution is 7.15. The Morgan fingerprint density at radius 3 is 2.70 bits per heavy atom. The van der Waals surface area contributed by atoms with Crippen molar-refractivity contribution in [3.05, 3.63) is 74.8 Å². The number of amides is 1.